The van der Waals surface area contributed by atoms with Crippen LogP contribution in [0.25, 0.3) is 0 Å². The zero-order valence-corrected chi connectivity index (χ0v) is 6.76. The van der Waals surface area contributed by atoms with Crippen molar-refractivity contribution in [2.24, 2.45) is 4.99 Å². The molecule has 4 heteroatoms. The van der Waals surface area contributed by atoms with Gasteiger partial charge in [-0.25, -0.2) is 0 Å². The molecule has 3 nitrogen and oxygen atoms in total. The zero-order valence-electron chi connectivity index (χ0n) is 5.94. The summed E-state index contributed by atoms with van der Waals surface area (Å²) in [7, 11) is 1.57. The number of hydrogen-bond donors (Lipinski definition) is 0. The Kier molecular flexibility index (Phi) is 2.72. The molecule has 0 aliphatic heterocycles. The second-order valence-corrected chi connectivity index (χ2v) is 1.97. The van der Waals surface area contributed by atoms with E-state index in [-0.39, 0.29) is 0 Å². The number of aromatic nitrogens is 1. The van der Waals surface area contributed by atoms with E-state index in [1.807, 2.05) is 0 Å². The summed E-state index contributed by atoms with van der Waals surface area (Å²) < 4.78 is 4.92. The molecule has 56 valence electrons. The summed E-state index contributed by atoms with van der Waals surface area (Å²) in [5.41, 5.74) is 0.652. The van der Waals surface area contributed by atoms with Gasteiger partial charge in [-0.2, -0.15) is 4.99 Å². The molecule has 0 amide bonds. The predicted octanol–water partition coefficient (Wildman–Crippen LogP) is 1.82. The first-order valence-corrected chi connectivity index (χ1v) is 3.34. The Bertz CT molecular complexity index is 294. The number of hydrogen-bond acceptors (Lipinski definition) is 4. The molecule has 0 fully saturated rings. The van der Waals surface area contributed by atoms with Crippen LogP contribution in [0.1, 0.15) is 0 Å². The molecular formula is C7H6N2OS. The molecule has 0 N–H and O–H groups in total. The minimum Gasteiger partial charge on any atom is -0.495 e. The average molecular weight is 166 g/mol. The second kappa shape index (κ2) is 3.81. The highest BCUT2D eigenvalue weighted by atomic mass is 32.1. The van der Waals surface area contributed by atoms with Crippen LogP contribution >= 0.6 is 12.2 Å². The van der Waals surface area contributed by atoms with Crippen molar-refractivity contribution in [2.45, 2.75) is 0 Å². The van der Waals surface area contributed by atoms with Crippen LogP contribution in [0, 0.1) is 0 Å². The fourth-order valence-electron chi connectivity index (χ4n) is 0.633. The van der Waals surface area contributed by atoms with Gasteiger partial charge in [-0.15, -0.1) is 0 Å². The van der Waals surface area contributed by atoms with E-state index in [4.69, 9.17) is 4.74 Å². The van der Waals surface area contributed by atoms with Gasteiger partial charge in [0.15, 0.2) is 0 Å². The summed E-state index contributed by atoms with van der Waals surface area (Å²) in [5.74, 6) is 0.663. The predicted molar refractivity (Wildman–Crippen MR) is 45.5 cm³/mol. The fourth-order valence-corrected chi connectivity index (χ4v) is 0.738. The monoisotopic (exact) mass is 166 g/mol. The van der Waals surface area contributed by atoms with Gasteiger partial charge in [0.05, 0.1) is 30.4 Å². The molecule has 0 aliphatic carbocycles. The van der Waals surface area contributed by atoms with E-state index >= 15 is 0 Å². The number of rotatable bonds is 2. The van der Waals surface area contributed by atoms with Crippen molar-refractivity contribution in [3.05, 3.63) is 18.5 Å². The Labute approximate surface area is 69.7 Å². The number of nitrogens with zero attached hydrogens (tertiary/aromatic N) is 2. The van der Waals surface area contributed by atoms with Crippen molar-refractivity contribution in [1.29, 1.82) is 0 Å². The molecule has 1 aromatic rings. The second-order valence-electron chi connectivity index (χ2n) is 1.79. The third-order valence-corrected chi connectivity index (χ3v) is 1.20. The van der Waals surface area contributed by atoms with Gasteiger partial charge in [0.2, 0.25) is 0 Å². The molecule has 0 aliphatic rings. The highest BCUT2D eigenvalue weighted by Gasteiger charge is 1.91. The van der Waals surface area contributed by atoms with E-state index in [1.54, 1.807) is 25.6 Å². The largest absolute Gasteiger partial charge is 0.495 e. The van der Waals surface area contributed by atoms with Gasteiger partial charge in [-0.3, -0.25) is 4.98 Å². The molecular weight excluding hydrogens is 160 g/mol. The Morgan fingerprint density at radius 2 is 2.45 bits per heavy atom. The third-order valence-electron chi connectivity index (χ3n) is 1.11. The molecule has 1 rings (SSSR count). The minimum absolute atomic E-state index is 0.652. The lowest BCUT2D eigenvalue weighted by molar-refractivity contribution is 0.413. The van der Waals surface area contributed by atoms with Crippen LogP contribution in [0.15, 0.2) is 23.5 Å². The standard InChI is InChI=1S/C7H6N2OS/c1-10-7-2-6(9-5-11)3-8-4-7/h2-4H,1H3. The van der Waals surface area contributed by atoms with Crippen LogP contribution in [-0.4, -0.2) is 17.3 Å². The topological polar surface area (TPSA) is 34.5 Å². The number of aliphatic imine (C=N–C) groups is 1. The Hall–Kier alpha value is -1.25. The maximum atomic E-state index is 4.92. The summed E-state index contributed by atoms with van der Waals surface area (Å²) >= 11 is 4.43. The minimum atomic E-state index is 0.652. The van der Waals surface area contributed by atoms with Crippen molar-refractivity contribution < 1.29 is 4.74 Å². The van der Waals surface area contributed by atoms with Crippen LogP contribution in [0.2, 0.25) is 0 Å². The van der Waals surface area contributed by atoms with Crippen molar-refractivity contribution in [3.8, 4) is 5.75 Å². The molecule has 0 saturated carbocycles. The number of pyridine rings is 1. The lowest BCUT2D eigenvalue weighted by atomic mass is 10.4. The van der Waals surface area contributed by atoms with E-state index in [0.717, 1.165) is 0 Å². The van der Waals surface area contributed by atoms with Gasteiger partial charge in [-0.05, 0) is 12.2 Å². The summed E-state index contributed by atoms with van der Waals surface area (Å²) in [4.78, 5) is 7.61. The van der Waals surface area contributed by atoms with Gasteiger partial charge in [0, 0.05) is 6.07 Å². The van der Waals surface area contributed by atoms with Gasteiger partial charge in [0.1, 0.15) is 5.75 Å². The lowest BCUT2D eigenvalue weighted by Gasteiger charge is -1.96. The van der Waals surface area contributed by atoms with Gasteiger partial charge >= 0.3 is 0 Å². The molecule has 0 radical (unpaired) electrons. The van der Waals surface area contributed by atoms with Gasteiger partial charge < -0.3 is 4.74 Å². The molecule has 11 heavy (non-hydrogen) atoms. The van der Waals surface area contributed by atoms with E-state index in [2.05, 4.69) is 27.4 Å². The van der Waals surface area contributed by atoms with Crippen molar-refractivity contribution in [1.82, 2.24) is 4.98 Å². The summed E-state index contributed by atoms with van der Waals surface area (Å²) in [6.45, 7) is 0. The van der Waals surface area contributed by atoms with E-state index in [1.165, 1.54) is 0 Å². The van der Waals surface area contributed by atoms with Crippen molar-refractivity contribution >= 4 is 23.1 Å². The molecule has 1 aromatic heterocycles. The van der Waals surface area contributed by atoms with Crippen LogP contribution in [0.4, 0.5) is 5.69 Å². The lowest BCUT2D eigenvalue weighted by Crippen LogP contribution is -1.82. The Morgan fingerprint density at radius 1 is 1.64 bits per heavy atom. The first-order valence-electron chi connectivity index (χ1n) is 2.93. The van der Waals surface area contributed by atoms with Gasteiger partial charge in [0.25, 0.3) is 0 Å². The SMILES string of the molecule is COc1cncc(N=C=S)c1. The summed E-state index contributed by atoms with van der Waals surface area (Å²) in [6.07, 6.45) is 3.18. The molecule has 0 atom stereocenters. The Morgan fingerprint density at radius 3 is 3.09 bits per heavy atom. The number of isothiocyanates is 1. The van der Waals surface area contributed by atoms with E-state index < -0.39 is 0 Å². The maximum Gasteiger partial charge on any atom is 0.139 e. The van der Waals surface area contributed by atoms with E-state index in [9.17, 15) is 0 Å². The quantitative estimate of drug-likeness (QED) is 0.496. The number of ether oxygens (including phenoxy) is 1. The number of thiocarbonyl (C=S) groups is 1. The fraction of sp³-hybridized carbons (Fsp3) is 0.143. The zero-order chi connectivity index (χ0) is 8.10. The van der Waals surface area contributed by atoms with Gasteiger partial charge in [-0.1, -0.05) is 0 Å². The molecule has 0 unspecified atom stereocenters. The first-order chi connectivity index (χ1) is 5.36. The summed E-state index contributed by atoms with van der Waals surface area (Å²) in [5, 5.41) is 2.25. The highest BCUT2D eigenvalue weighted by molar-refractivity contribution is 7.78. The van der Waals surface area contributed by atoms with Crippen LogP contribution in [-0.2, 0) is 0 Å². The molecule has 0 spiro atoms. The smallest absolute Gasteiger partial charge is 0.139 e. The third kappa shape index (κ3) is 2.11. The van der Waals surface area contributed by atoms with Crippen molar-refractivity contribution in [2.75, 3.05) is 7.11 Å². The normalized spacial score (nSPS) is 8.45. The number of methoxy groups -OCH3 is 1. The van der Waals surface area contributed by atoms with Crippen LogP contribution in [0.3, 0.4) is 0 Å². The van der Waals surface area contributed by atoms with E-state index in [0.29, 0.717) is 11.4 Å². The highest BCUT2D eigenvalue weighted by Crippen LogP contribution is 2.16. The molecule has 0 bridgehead atoms. The van der Waals surface area contributed by atoms with Crippen LogP contribution in [0.5, 0.6) is 5.75 Å². The Balaban J connectivity index is 3.00. The molecule has 0 saturated heterocycles. The maximum absolute atomic E-state index is 4.92. The van der Waals surface area contributed by atoms with Crippen molar-refractivity contribution in [3.63, 3.8) is 0 Å². The molecule has 1 heterocycles. The van der Waals surface area contributed by atoms with Crippen LogP contribution < -0.4 is 4.74 Å². The molecule has 0 aromatic carbocycles. The summed E-state index contributed by atoms with van der Waals surface area (Å²) in [6, 6.07) is 1.73. The average Bonchev–Trinajstić information content (AvgIpc) is 2.06. The first kappa shape index (κ1) is 7.85.